The molecule has 0 bridgehead atoms. The van der Waals surface area contributed by atoms with E-state index in [0.29, 0.717) is 25.0 Å². The van der Waals surface area contributed by atoms with Gasteiger partial charge in [-0.05, 0) is 25.0 Å². The summed E-state index contributed by atoms with van der Waals surface area (Å²) in [5.41, 5.74) is 0. The molecule has 0 saturated heterocycles. The minimum Gasteiger partial charge on any atom is -0.724 e. The summed E-state index contributed by atoms with van der Waals surface area (Å²) in [4.78, 5) is 37.1. The Bertz CT molecular complexity index is 611. The molecule has 0 amide bonds. The van der Waals surface area contributed by atoms with Crippen LogP contribution in [0.5, 0.6) is 0 Å². The zero-order chi connectivity index (χ0) is 35.2. The predicted octanol–water partition coefficient (Wildman–Crippen LogP) is 12.1. The number of isocyanates is 2. The molecule has 0 aliphatic carbocycles. The Morgan fingerprint density at radius 3 is 0.638 bits per heavy atom. The van der Waals surface area contributed by atoms with Gasteiger partial charge >= 0.3 is 49.7 Å². The van der Waals surface area contributed by atoms with E-state index in [9.17, 15) is 9.59 Å². The van der Waals surface area contributed by atoms with E-state index in [-0.39, 0.29) is 37.7 Å². The third-order valence-electron chi connectivity index (χ3n) is 7.99. The van der Waals surface area contributed by atoms with E-state index >= 15 is 0 Å². The van der Waals surface area contributed by atoms with Crippen LogP contribution < -0.4 is 0 Å². The van der Waals surface area contributed by atoms with Crippen LogP contribution >= 0.6 is 0 Å². The van der Waals surface area contributed by atoms with Crippen molar-refractivity contribution in [2.45, 2.75) is 219 Å². The van der Waals surface area contributed by atoms with E-state index in [1.54, 1.807) is 0 Å². The number of rotatable bonds is 32. The van der Waals surface area contributed by atoms with Crippen LogP contribution in [0, 0.1) is 0 Å². The molecule has 0 heterocycles. The van der Waals surface area contributed by atoms with Crippen molar-refractivity contribution in [3.05, 3.63) is 10.8 Å². The zero-order valence-corrected chi connectivity index (χ0v) is 33.0. The molecule has 272 valence electrons. The largest absolute Gasteiger partial charge is 2.00 e. The van der Waals surface area contributed by atoms with Crippen molar-refractivity contribution in [1.29, 1.82) is 0 Å². The first kappa shape index (κ1) is 55.4. The van der Waals surface area contributed by atoms with E-state index < -0.39 is 11.9 Å². The third-order valence-corrected chi connectivity index (χ3v) is 7.99. The number of nitrogens with zero attached hydrogens (tertiary/aromatic N) is 2. The summed E-state index contributed by atoms with van der Waals surface area (Å²) in [5, 5.41) is 30.6. The minimum absolute atomic E-state index is 0. The van der Waals surface area contributed by atoms with Gasteiger partial charge in [-0.3, -0.25) is 19.2 Å². The summed E-state index contributed by atoms with van der Waals surface area (Å²) in [7, 11) is 0. The van der Waals surface area contributed by atoms with Crippen molar-refractivity contribution in [1.82, 2.24) is 0 Å². The van der Waals surface area contributed by atoms with Crippen LogP contribution in [0.2, 0.25) is 0 Å². The van der Waals surface area contributed by atoms with Gasteiger partial charge < -0.3 is 21.0 Å². The first-order chi connectivity index (χ1) is 22.4. The molecule has 47 heavy (non-hydrogen) atoms. The maximum atomic E-state index is 10.3. The molecule has 0 saturated carbocycles. The van der Waals surface area contributed by atoms with E-state index in [0.717, 1.165) is 25.7 Å². The van der Waals surface area contributed by atoms with Gasteiger partial charge in [-0.1, -0.05) is 194 Å². The summed E-state index contributed by atoms with van der Waals surface area (Å²) >= 11 is 0. The van der Waals surface area contributed by atoms with Gasteiger partial charge in [0.05, 0.1) is 0 Å². The Kier molecular flexibility index (Phi) is 67.4. The normalized spacial score (nSPS) is 9.57. The third kappa shape index (κ3) is 76.4. The molecule has 0 atom stereocenters. The topological polar surface area (TPSA) is 153 Å². The molecule has 0 radical (unpaired) electrons. The van der Waals surface area contributed by atoms with Crippen LogP contribution in [-0.4, -0.2) is 72.0 Å². The summed E-state index contributed by atoms with van der Waals surface area (Å²) in [6.45, 7) is 4.54. The van der Waals surface area contributed by atoms with Crippen LogP contribution in [-0.2, 0) is 19.2 Å². The van der Waals surface area contributed by atoms with Gasteiger partial charge in [0.1, 0.15) is 0 Å². The number of unbranched alkanes of at least 4 members (excludes halogenated alkanes) is 28. The van der Waals surface area contributed by atoms with Crippen LogP contribution in [0.25, 0.3) is 10.8 Å². The van der Waals surface area contributed by atoms with Gasteiger partial charge in [0.2, 0.25) is 0 Å². The molecule has 0 spiro atoms. The first-order valence-corrected chi connectivity index (χ1v) is 18.8. The predicted molar refractivity (Wildman–Crippen MR) is 198 cm³/mol. The number of carboxylic acids is 2. The number of hydrogen-bond donors (Lipinski definition) is 2. The number of hydrogen-bond acceptors (Lipinski definition) is 4. The van der Waals surface area contributed by atoms with Crippen LogP contribution in [0.15, 0.2) is 0 Å². The molecule has 0 aromatic carbocycles. The molecule has 2 N–H and O–H groups in total. The summed E-state index contributed by atoms with van der Waals surface area (Å²) in [6.07, 6.45) is 41.4. The smallest absolute Gasteiger partial charge is 0.724 e. The second-order valence-corrected chi connectivity index (χ2v) is 12.4. The minimum atomic E-state index is -0.653. The van der Waals surface area contributed by atoms with Crippen LogP contribution in [0.1, 0.15) is 219 Å². The molecule has 0 aromatic rings. The Morgan fingerprint density at radius 1 is 0.383 bits per heavy atom. The maximum Gasteiger partial charge on any atom is 2.00 e. The van der Waals surface area contributed by atoms with E-state index in [1.165, 1.54) is 167 Å². The number of carbonyl (C=O) groups is 2. The van der Waals surface area contributed by atoms with Crippen molar-refractivity contribution in [3.8, 4) is 0 Å². The van der Waals surface area contributed by atoms with Crippen LogP contribution in [0.4, 0.5) is 0 Å². The molecule has 0 aliphatic heterocycles. The first-order valence-electron chi connectivity index (χ1n) is 18.8. The fourth-order valence-corrected chi connectivity index (χ4v) is 5.30. The summed E-state index contributed by atoms with van der Waals surface area (Å²) in [5.74, 6) is -1.31. The summed E-state index contributed by atoms with van der Waals surface area (Å²) in [6, 6.07) is 0. The van der Waals surface area contributed by atoms with Gasteiger partial charge in [0.15, 0.2) is 0 Å². The Balaban J connectivity index is -0.000000210. The molecule has 0 rings (SSSR count). The van der Waals surface area contributed by atoms with Gasteiger partial charge in [0.25, 0.3) is 0 Å². The average molecular weight is 693 g/mol. The SMILES string of the molecule is CCCCCCCCCCCCCCCCCC(=O)O.CCCCCCCCCCCCCCCCCC(=O)O.[Ca+2].[N-]=C=O.[N-]=C=O. The number of carboxylic acid groups (broad SMARTS) is 2. The van der Waals surface area contributed by atoms with Gasteiger partial charge in [0, 0.05) is 12.8 Å². The van der Waals surface area contributed by atoms with Gasteiger partial charge in [-0.15, -0.1) is 0 Å². The standard InChI is InChI=1S/2C18H36O2.2CNO.Ca/c2*1-2-3-4-5-6-7-8-9-10-11-12-13-14-15-16-17-18(19)20;2*2-1-3;/h2*2-17H2,1H3,(H,19,20);;;/q;;2*-1;+2. The summed E-state index contributed by atoms with van der Waals surface area (Å²) < 4.78 is 0. The average Bonchev–Trinajstić information content (AvgIpc) is 3.02. The fourth-order valence-electron chi connectivity index (χ4n) is 5.30. The zero-order valence-electron chi connectivity index (χ0n) is 30.8. The van der Waals surface area contributed by atoms with Crippen LogP contribution in [0.3, 0.4) is 0 Å². The second-order valence-electron chi connectivity index (χ2n) is 12.4. The fraction of sp³-hybridized carbons (Fsp3) is 0.895. The van der Waals surface area contributed by atoms with Gasteiger partial charge in [-0.25, -0.2) is 0 Å². The molecule has 0 aliphatic rings. The Morgan fingerprint density at radius 2 is 0.511 bits per heavy atom. The molecule has 8 nitrogen and oxygen atoms in total. The van der Waals surface area contributed by atoms with Crippen molar-refractivity contribution >= 4 is 61.8 Å². The van der Waals surface area contributed by atoms with E-state index in [2.05, 4.69) is 13.8 Å². The molecule has 0 unspecified atom stereocenters. The Labute approximate surface area is 319 Å². The number of aliphatic carboxylic acids is 2. The van der Waals surface area contributed by atoms with Crippen molar-refractivity contribution in [2.24, 2.45) is 0 Å². The monoisotopic (exact) mass is 693 g/mol. The van der Waals surface area contributed by atoms with Crippen molar-refractivity contribution in [2.75, 3.05) is 0 Å². The molecule has 9 heteroatoms. The van der Waals surface area contributed by atoms with E-state index in [1.807, 2.05) is 0 Å². The van der Waals surface area contributed by atoms with Crippen molar-refractivity contribution < 1.29 is 29.4 Å². The quantitative estimate of drug-likeness (QED) is 0.0309. The second kappa shape index (κ2) is 57.2. The molecular formula is C38H72CaN2O6. The van der Waals surface area contributed by atoms with E-state index in [4.69, 9.17) is 30.6 Å². The molecule has 0 fully saturated rings. The molecular weight excluding hydrogens is 621 g/mol. The maximum absolute atomic E-state index is 10.3. The Hall–Kier alpha value is -1.04. The number of carbonyl (C=O) groups excluding carboxylic acids is 2. The van der Waals surface area contributed by atoms with Crippen molar-refractivity contribution in [3.63, 3.8) is 0 Å². The van der Waals surface area contributed by atoms with Gasteiger partial charge in [-0.2, -0.15) is 0 Å². The molecule has 0 aromatic heterocycles.